The van der Waals surface area contributed by atoms with Gasteiger partial charge in [-0.15, -0.1) is 0 Å². The lowest BCUT2D eigenvalue weighted by molar-refractivity contribution is -0.109. The zero-order valence-electron chi connectivity index (χ0n) is 7.71. The smallest absolute Gasteiger partial charge is 0.333 e. The first-order valence-electron chi connectivity index (χ1n) is 3.97. The van der Waals surface area contributed by atoms with Crippen molar-refractivity contribution in [2.45, 2.75) is 17.4 Å². The van der Waals surface area contributed by atoms with Gasteiger partial charge >= 0.3 is 4.83 Å². The maximum absolute atomic E-state index is 13.0. The molecule has 0 radical (unpaired) electrons. The van der Waals surface area contributed by atoms with Gasteiger partial charge in [-0.3, -0.25) is 0 Å². The predicted molar refractivity (Wildman–Crippen MR) is 53.2 cm³/mol. The minimum Gasteiger partial charge on any atom is -0.508 e. The normalized spacial score (nSPS) is 16.1. The first-order chi connectivity index (χ1) is 6.64. The van der Waals surface area contributed by atoms with Crippen LogP contribution in [0.3, 0.4) is 0 Å². The van der Waals surface area contributed by atoms with Crippen LogP contribution in [0.25, 0.3) is 0 Å². The third-order valence-electron chi connectivity index (χ3n) is 2.02. The number of benzene rings is 1. The number of alkyl halides is 3. The summed E-state index contributed by atoms with van der Waals surface area (Å²) in [6, 6.07) is 2.88. The quantitative estimate of drug-likeness (QED) is 0.730. The van der Waals surface area contributed by atoms with Gasteiger partial charge in [0.2, 0.25) is 0 Å². The molecule has 0 saturated carbocycles. The fourth-order valence-corrected chi connectivity index (χ4v) is 1.27. The SMILES string of the molecule is CC(O)(c1cc(O)cc(O)c1)C(F)(F)Br. The molecule has 1 atom stereocenters. The monoisotopic (exact) mass is 282 g/mol. The highest BCUT2D eigenvalue weighted by molar-refractivity contribution is 9.10. The van der Waals surface area contributed by atoms with E-state index in [9.17, 15) is 13.9 Å². The Labute approximate surface area is 93.1 Å². The van der Waals surface area contributed by atoms with E-state index in [1.807, 2.05) is 15.9 Å². The van der Waals surface area contributed by atoms with Gasteiger partial charge in [-0.1, -0.05) is 0 Å². The molecule has 84 valence electrons. The van der Waals surface area contributed by atoms with Crippen LogP contribution in [0.4, 0.5) is 8.78 Å². The summed E-state index contributed by atoms with van der Waals surface area (Å²) in [4.78, 5) is -3.57. The number of hydrogen-bond donors (Lipinski definition) is 3. The van der Waals surface area contributed by atoms with Gasteiger partial charge in [0, 0.05) is 6.07 Å². The molecule has 1 aromatic rings. The highest BCUT2D eigenvalue weighted by Crippen LogP contribution is 2.43. The van der Waals surface area contributed by atoms with E-state index in [2.05, 4.69) is 0 Å². The summed E-state index contributed by atoms with van der Waals surface area (Å²) >= 11 is 2.04. The number of hydrogen-bond acceptors (Lipinski definition) is 3. The minimum absolute atomic E-state index is 0.290. The van der Waals surface area contributed by atoms with Crippen LogP contribution in [0.1, 0.15) is 12.5 Å². The fourth-order valence-electron chi connectivity index (χ4n) is 1.04. The highest BCUT2D eigenvalue weighted by Gasteiger charge is 2.48. The van der Waals surface area contributed by atoms with Crippen LogP contribution in [-0.4, -0.2) is 20.2 Å². The van der Waals surface area contributed by atoms with E-state index < -0.39 is 21.9 Å². The summed E-state index contributed by atoms with van der Waals surface area (Å²) < 4.78 is 25.9. The van der Waals surface area contributed by atoms with Gasteiger partial charge in [0.05, 0.1) is 0 Å². The Morgan fingerprint density at radius 1 is 1.13 bits per heavy atom. The van der Waals surface area contributed by atoms with Crippen LogP contribution in [0, 0.1) is 0 Å². The van der Waals surface area contributed by atoms with Gasteiger partial charge in [-0.2, -0.15) is 8.78 Å². The number of rotatable bonds is 2. The molecular weight excluding hydrogens is 274 g/mol. The van der Waals surface area contributed by atoms with Crippen molar-refractivity contribution < 1.29 is 24.1 Å². The molecule has 0 amide bonds. The Bertz CT molecular complexity index is 354. The van der Waals surface area contributed by atoms with Crippen molar-refractivity contribution >= 4 is 15.9 Å². The standard InChI is InChI=1S/C9H9BrF2O3/c1-8(15,9(10,11)12)5-2-6(13)4-7(14)3-5/h2-4,13-15H,1H3. The molecule has 1 rings (SSSR count). The molecule has 0 aliphatic carbocycles. The van der Waals surface area contributed by atoms with E-state index in [0.29, 0.717) is 0 Å². The summed E-state index contributed by atoms with van der Waals surface area (Å²) in [5.41, 5.74) is -2.81. The zero-order valence-corrected chi connectivity index (χ0v) is 9.29. The van der Waals surface area contributed by atoms with E-state index in [1.165, 1.54) is 0 Å². The highest BCUT2D eigenvalue weighted by atomic mass is 79.9. The van der Waals surface area contributed by atoms with Crippen LogP contribution >= 0.6 is 15.9 Å². The summed E-state index contributed by atoms with van der Waals surface area (Å²) in [7, 11) is 0. The van der Waals surface area contributed by atoms with Crippen molar-refractivity contribution in [3.8, 4) is 11.5 Å². The second kappa shape index (κ2) is 3.61. The molecule has 0 bridgehead atoms. The molecule has 0 aromatic heterocycles. The predicted octanol–water partition coefficient (Wildman–Crippen LogP) is 2.29. The lowest BCUT2D eigenvalue weighted by Crippen LogP contribution is -2.37. The van der Waals surface area contributed by atoms with Crippen LogP contribution in [0.2, 0.25) is 0 Å². The largest absolute Gasteiger partial charge is 0.508 e. The van der Waals surface area contributed by atoms with E-state index >= 15 is 0 Å². The molecule has 0 aliphatic rings. The molecule has 6 heteroatoms. The number of aliphatic hydroxyl groups is 1. The van der Waals surface area contributed by atoms with E-state index in [0.717, 1.165) is 25.1 Å². The van der Waals surface area contributed by atoms with E-state index in [4.69, 9.17) is 10.2 Å². The van der Waals surface area contributed by atoms with Gasteiger partial charge in [0.1, 0.15) is 11.5 Å². The van der Waals surface area contributed by atoms with Crippen molar-refractivity contribution in [2.24, 2.45) is 0 Å². The zero-order chi connectivity index (χ0) is 11.9. The summed E-state index contributed by atoms with van der Waals surface area (Å²) in [6.45, 7) is 0.871. The molecule has 0 aliphatic heterocycles. The van der Waals surface area contributed by atoms with Crippen molar-refractivity contribution in [3.63, 3.8) is 0 Å². The Morgan fingerprint density at radius 2 is 1.53 bits per heavy atom. The van der Waals surface area contributed by atoms with Gasteiger partial charge in [0.25, 0.3) is 0 Å². The molecule has 0 saturated heterocycles. The Hall–Kier alpha value is -0.880. The molecule has 1 unspecified atom stereocenters. The lowest BCUT2D eigenvalue weighted by Gasteiger charge is -2.28. The van der Waals surface area contributed by atoms with Crippen molar-refractivity contribution in [1.82, 2.24) is 0 Å². The number of aromatic hydroxyl groups is 2. The maximum atomic E-state index is 13.0. The number of phenols is 2. The van der Waals surface area contributed by atoms with Gasteiger partial charge in [0.15, 0.2) is 5.60 Å². The van der Waals surface area contributed by atoms with Crippen LogP contribution in [0.15, 0.2) is 18.2 Å². The molecule has 1 aromatic carbocycles. The van der Waals surface area contributed by atoms with Crippen LogP contribution in [0.5, 0.6) is 11.5 Å². The number of phenolic OH excluding ortho intramolecular Hbond substituents is 2. The van der Waals surface area contributed by atoms with Crippen LogP contribution in [-0.2, 0) is 5.60 Å². The third kappa shape index (κ3) is 2.38. The molecule has 3 N–H and O–H groups in total. The first-order valence-corrected chi connectivity index (χ1v) is 4.76. The second-order valence-corrected chi connectivity index (χ2v) is 4.30. The number of halogens is 3. The third-order valence-corrected chi connectivity index (χ3v) is 2.79. The average Bonchev–Trinajstić information content (AvgIpc) is 1.99. The molecule has 15 heavy (non-hydrogen) atoms. The Balaban J connectivity index is 3.27. The maximum Gasteiger partial charge on any atom is 0.333 e. The van der Waals surface area contributed by atoms with Gasteiger partial charge in [-0.05, 0) is 40.5 Å². The first kappa shape index (κ1) is 12.2. The Kier molecular flexibility index (Phi) is 2.93. The van der Waals surface area contributed by atoms with Crippen molar-refractivity contribution in [3.05, 3.63) is 23.8 Å². The topological polar surface area (TPSA) is 60.7 Å². The molecule has 3 nitrogen and oxygen atoms in total. The summed E-state index contributed by atoms with van der Waals surface area (Å²) in [5.74, 6) is -0.802. The summed E-state index contributed by atoms with van der Waals surface area (Å²) in [6.07, 6.45) is 0. The molecule has 0 spiro atoms. The van der Waals surface area contributed by atoms with Gasteiger partial charge < -0.3 is 15.3 Å². The van der Waals surface area contributed by atoms with E-state index in [-0.39, 0.29) is 5.56 Å². The minimum atomic E-state index is -3.57. The van der Waals surface area contributed by atoms with Crippen LogP contribution < -0.4 is 0 Å². The van der Waals surface area contributed by atoms with Gasteiger partial charge in [-0.25, -0.2) is 0 Å². The fraction of sp³-hybridized carbons (Fsp3) is 0.333. The second-order valence-electron chi connectivity index (χ2n) is 3.31. The molecule has 0 heterocycles. The van der Waals surface area contributed by atoms with E-state index in [1.54, 1.807) is 0 Å². The molecular formula is C9H9BrF2O3. The van der Waals surface area contributed by atoms with Crippen molar-refractivity contribution in [1.29, 1.82) is 0 Å². The average molecular weight is 283 g/mol. The lowest BCUT2D eigenvalue weighted by atomic mass is 9.96. The van der Waals surface area contributed by atoms with Crippen molar-refractivity contribution in [2.75, 3.05) is 0 Å². The molecule has 0 fully saturated rings. The summed E-state index contributed by atoms with van der Waals surface area (Å²) in [5, 5.41) is 27.7. The Morgan fingerprint density at radius 3 is 1.87 bits per heavy atom.